The van der Waals surface area contributed by atoms with Crippen LogP contribution in [0.4, 0.5) is 0 Å². The average Bonchev–Trinajstić information content (AvgIpc) is 3.07. The summed E-state index contributed by atoms with van der Waals surface area (Å²) in [7, 11) is 0. The van der Waals surface area contributed by atoms with Crippen LogP contribution in [-0.2, 0) is 0 Å². The summed E-state index contributed by atoms with van der Waals surface area (Å²) in [4.78, 5) is 0. The molecule has 6 aromatic rings. The van der Waals surface area contributed by atoms with Crippen LogP contribution in [0.15, 0.2) is 157 Å². The molecule has 3 unspecified atom stereocenters. The van der Waals surface area contributed by atoms with Crippen molar-refractivity contribution >= 4 is 49.2 Å². The van der Waals surface area contributed by atoms with Crippen molar-refractivity contribution in [3.8, 4) is 0 Å². The van der Waals surface area contributed by atoms with Crippen LogP contribution in [0.5, 0.6) is 0 Å². The van der Waals surface area contributed by atoms with Gasteiger partial charge in [-0.3, -0.25) is 0 Å². The van der Waals surface area contributed by atoms with Crippen molar-refractivity contribution in [2.24, 2.45) is 5.92 Å². The maximum Gasteiger partial charge on any atom is 0.0137 e. The van der Waals surface area contributed by atoms with Crippen molar-refractivity contribution in [2.45, 2.75) is 18.3 Å². The second-order valence-electron chi connectivity index (χ2n) is 11.9. The third-order valence-corrected chi connectivity index (χ3v) is 9.77. The molecule has 0 aliphatic heterocycles. The zero-order valence-electron chi connectivity index (χ0n) is 23.4. The summed E-state index contributed by atoms with van der Waals surface area (Å²) in [6.07, 6.45) is 20.2. The molecule has 0 radical (unpaired) electrons. The van der Waals surface area contributed by atoms with Gasteiger partial charge < -0.3 is 0 Å². The molecule has 198 valence electrons. The van der Waals surface area contributed by atoms with Gasteiger partial charge in [0.1, 0.15) is 0 Å². The summed E-state index contributed by atoms with van der Waals surface area (Å²) in [5.41, 5.74) is 7.09. The molecule has 0 heteroatoms. The fraction of sp³-hybridized carbons (Fsp3) is 0.0952. The molecule has 0 nitrogen and oxygen atoms in total. The SMILES string of the molecule is C1=CC2C(C3=CCC(c4cc5ccccc5c5ccccc45)C=C3)=Cc3c(c4ccccc4c4ccccc34)C2C=C1. The summed E-state index contributed by atoms with van der Waals surface area (Å²) in [6.45, 7) is 0. The second kappa shape index (κ2) is 9.29. The maximum absolute atomic E-state index is 2.51. The molecule has 0 amide bonds. The van der Waals surface area contributed by atoms with E-state index in [1.807, 2.05) is 0 Å². The molecule has 0 saturated heterocycles. The molecule has 3 aliphatic carbocycles. The molecular weight excluding hydrogens is 504 g/mol. The number of fused-ring (bicyclic) bond motifs is 11. The van der Waals surface area contributed by atoms with E-state index in [0.717, 1.165) is 6.42 Å². The van der Waals surface area contributed by atoms with E-state index < -0.39 is 0 Å². The topological polar surface area (TPSA) is 0 Å². The zero-order valence-corrected chi connectivity index (χ0v) is 23.4. The Balaban J connectivity index is 1.18. The first kappa shape index (κ1) is 23.7. The molecule has 0 bridgehead atoms. The molecule has 0 saturated carbocycles. The highest BCUT2D eigenvalue weighted by Crippen LogP contribution is 2.50. The standard InChI is InChI=1S/C42H30/c1-2-12-30-29(11-1)25-39(34-16-5-3-13-31(30)34)27-21-23-28(24-22-27)40-26-41-35-17-6-4-14-32(35)33-15-7-9-19-37(33)42(41)38-20-10-8-18-36(38)40/h1-21,23-27,36,38H,22H2. The Morgan fingerprint density at radius 3 is 1.86 bits per heavy atom. The van der Waals surface area contributed by atoms with Crippen LogP contribution in [0.2, 0.25) is 0 Å². The molecule has 3 aliphatic rings. The highest BCUT2D eigenvalue weighted by molar-refractivity contribution is 6.14. The lowest BCUT2D eigenvalue weighted by atomic mass is 9.68. The van der Waals surface area contributed by atoms with Crippen molar-refractivity contribution in [1.82, 2.24) is 0 Å². The predicted molar refractivity (Wildman–Crippen MR) is 180 cm³/mol. The second-order valence-corrected chi connectivity index (χ2v) is 11.9. The molecule has 0 N–H and O–H groups in total. The Labute approximate surface area is 246 Å². The van der Waals surface area contributed by atoms with Gasteiger partial charge in [0.25, 0.3) is 0 Å². The predicted octanol–water partition coefficient (Wildman–Crippen LogP) is 11.2. The van der Waals surface area contributed by atoms with Gasteiger partial charge in [0.05, 0.1) is 0 Å². The maximum atomic E-state index is 2.51. The van der Waals surface area contributed by atoms with E-state index in [1.54, 1.807) is 0 Å². The molecule has 0 spiro atoms. The van der Waals surface area contributed by atoms with Crippen molar-refractivity contribution in [2.75, 3.05) is 0 Å². The van der Waals surface area contributed by atoms with Crippen LogP contribution in [0.25, 0.3) is 49.2 Å². The monoisotopic (exact) mass is 534 g/mol. The largest absolute Gasteiger partial charge is 0.0761 e. The van der Waals surface area contributed by atoms with Crippen LogP contribution >= 0.6 is 0 Å². The van der Waals surface area contributed by atoms with Gasteiger partial charge in [0, 0.05) is 17.8 Å². The van der Waals surface area contributed by atoms with E-state index in [2.05, 4.69) is 152 Å². The van der Waals surface area contributed by atoms with Crippen LogP contribution in [-0.4, -0.2) is 0 Å². The van der Waals surface area contributed by atoms with E-state index in [9.17, 15) is 0 Å². The van der Waals surface area contributed by atoms with E-state index >= 15 is 0 Å². The molecular formula is C42H30. The molecule has 6 aromatic carbocycles. The summed E-state index contributed by atoms with van der Waals surface area (Å²) in [6, 6.07) is 38.1. The van der Waals surface area contributed by atoms with Gasteiger partial charge in [-0.2, -0.15) is 0 Å². The summed E-state index contributed by atoms with van der Waals surface area (Å²) in [5.74, 6) is 1.03. The molecule has 42 heavy (non-hydrogen) atoms. The molecule has 3 atom stereocenters. The summed E-state index contributed by atoms with van der Waals surface area (Å²) >= 11 is 0. The highest BCUT2D eigenvalue weighted by atomic mass is 14.4. The van der Waals surface area contributed by atoms with Gasteiger partial charge in [-0.05, 0) is 89.5 Å². The van der Waals surface area contributed by atoms with Gasteiger partial charge in [0.15, 0.2) is 0 Å². The lowest BCUT2D eigenvalue weighted by molar-refractivity contribution is 0.666. The lowest BCUT2D eigenvalue weighted by Gasteiger charge is -2.35. The first-order chi connectivity index (χ1) is 20.8. The van der Waals surface area contributed by atoms with Gasteiger partial charge in [0.2, 0.25) is 0 Å². The number of benzene rings is 6. The Morgan fingerprint density at radius 1 is 0.524 bits per heavy atom. The van der Waals surface area contributed by atoms with Crippen LogP contribution in [0, 0.1) is 5.92 Å². The van der Waals surface area contributed by atoms with E-state index in [0.29, 0.717) is 17.8 Å². The Bertz CT molecular complexity index is 2230. The minimum absolute atomic E-state index is 0.330. The third kappa shape index (κ3) is 3.48. The first-order valence-corrected chi connectivity index (χ1v) is 15.1. The summed E-state index contributed by atoms with van der Waals surface area (Å²) < 4.78 is 0. The van der Waals surface area contributed by atoms with E-state index in [1.165, 1.54) is 70.9 Å². The first-order valence-electron chi connectivity index (χ1n) is 15.1. The van der Waals surface area contributed by atoms with Gasteiger partial charge in [-0.15, -0.1) is 0 Å². The lowest BCUT2D eigenvalue weighted by Crippen LogP contribution is -2.20. The van der Waals surface area contributed by atoms with Crippen molar-refractivity contribution in [3.63, 3.8) is 0 Å². The fourth-order valence-corrected chi connectivity index (χ4v) is 7.87. The van der Waals surface area contributed by atoms with E-state index in [4.69, 9.17) is 0 Å². The smallest absolute Gasteiger partial charge is 0.0137 e. The fourth-order valence-electron chi connectivity index (χ4n) is 7.87. The van der Waals surface area contributed by atoms with Crippen molar-refractivity contribution in [3.05, 3.63) is 173 Å². The minimum Gasteiger partial charge on any atom is -0.0761 e. The number of hydrogen-bond donors (Lipinski definition) is 0. The molecule has 0 heterocycles. The van der Waals surface area contributed by atoms with E-state index in [-0.39, 0.29) is 0 Å². The van der Waals surface area contributed by atoms with Crippen LogP contribution < -0.4 is 0 Å². The van der Waals surface area contributed by atoms with Crippen LogP contribution in [0.1, 0.15) is 34.9 Å². The number of rotatable bonds is 2. The van der Waals surface area contributed by atoms with Gasteiger partial charge >= 0.3 is 0 Å². The van der Waals surface area contributed by atoms with Crippen LogP contribution in [0.3, 0.4) is 0 Å². The third-order valence-electron chi connectivity index (χ3n) is 9.77. The Kier molecular flexibility index (Phi) is 5.25. The van der Waals surface area contributed by atoms with Crippen molar-refractivity contribution < 1.29 is 0 Å². The quantitative estimate of drug-likeness (QED) is 0.194. The Morgan fingerprint density at radius 2 is 1.12 bits per heavy atom. The number of hydrogen-bond acceptors (Lipinski definition) is 0. The van der Waals surface area contributed by atoms with Gasteiger partial charge in [-0.25, -0.2) is 0 Å². The number of allylic oxidation sites excluding steroid dienone is 9. The zero-order chi connectivity index (χ0) is 27.6. The Hall–Kier alpha value is -4.94. The normalized spacial score (nSPS) is 21.0. The minimum atomic E-state index is 0.330. The summed E-state index contributed by atoms with van der Waals surface area (Å²) in [5, 5.41) is 10.8. The molecule has 0 aromatic heterocycles. The van der Waals surface area contributed by atoms with Gasteiger partial charge in [-0.1, -0.05) is 140 Å². The molecule has 9 rings (SSSR count). The van der Waals surface area contributed by atoms with Crippen molar-refractivity contribution in [1.29, 1.82) is 0 Å². The average molecular weight is 535 g/mol. The molecule has 0 fully saturated rings. The highest BCUT2D eigenvalue weighted by Gasteiger charge is 2.33.